The average Bonchev–Trinajstić information content (AvgIpc) is 3.67. The van der Waals surface area contributed by atoms with Gasteiger partial charge in [0.2, 0.25) is 11.8 Å². The molecule has 2 amide bonds. The van der Waals surface area contributed by atoms with Crippen LogP contribution in [0.25, 0.3) is 16.9 Å². The lowest BCUT2D eigenvalue weighted by Crippen LogP contribution is -2.46. The normalized spacial score (nSPS) is 12.8. The third kappa shape index (κ3) is 9.70. The van der Waals surface area contributed by atoms with Gasteiger partial charge in [0.15, 0.2) is 16.9 Å². The van der Waals surface area contributed by atoms with Crippen LogP contribution in [0.15, 0.2) is 87.6 Å². The lowest BCUT2D eigenvalue weighted by molar-refractivity contribution is -0.140. The summed E-state index contributed by atoms with van der Waals surface area (Å²) in [6, 6.07) is 17.0. The topological polar surface area (TPSA) is 173 Å². The maximum Gasteiger partial charge on any atom is 0.332 e. The summed E-state index contributed by atoms with van der Waals surface area (Å²) in [7, 11) is 6.70. The number of ketones is 1. The van der Waals surface area contributed by atoms with Gasteiger partial charge in [0.05, 0.1) is 18.6 Å². The van der Waals surface area contributed by atoms with Gasteiger partial charge in [-0.15, -0.1) is 0 Å². The Morgan fingerprint density at radius 1 is 0.875 bits per heavy atom. The van der Waals surface area contributed by atoms with Gasteiger partial charge in [-0.3, -0.25) is 37.8 Å². The molecule has 2 N–H and O–H groups in total. The fourth-order valence-corrected chi connectivity index (χ4v) is 6.25. The molecule has 1 aliphatic rings. The predicted molar refractivity (Wildman–Crippen MR) is 218 cm³/mol. The monoisotopic (exact) mass is 770 g/mol. The van der Waals surface area contributed by atoms with Gasteiger partial charge in [-0.1, -0.05) is 45.9 Å². The fraction of sp³-hybridized carbons (Fsp3) is 0.390. The van der Waals surface area contributed by atoms with Crippen molar-refractivity contribution in [1.29, 1.82) is 0 Å². The number of nitrogens with zero attached hydrogens (tertiary/aromatic N) is 6. The van der Waals surface area contributed by atoms with Crippen molar-refractivity contribution in [2.75, 3.05) is 11.9 Å². The van der Waals surface area contributed by atoms with Crippen LogP contribution in [-0.4, -0.2) is 52.3 Å². The van der Waals surface area contributed by atoms with Crippen LogP contribution in [0.1, 0.15) is 71.6 Å². The second kappa shape index (κ2) is 19.4. The molecule has 56 heavy (non-hydrogen) atoms. The number of aromatic nitrogens is 6. The van der Waals surface area contributed by atoms with E-state index in [1.165, 1.54) is 37.1 Å². The Morgan fingerprint density at radius 2 is 1.48 bits per heavy atom. The van der Waals surface area contributed by atoms with E-state index in [9.17, 15) is 28.8 Å². The molecule has 6 rings (SSSR count). The molecular formula is C41H54N8O7. The summed E-state index contributed by atoms with van der Waals surface area (Å²) in [4.78, 5) is 73.1. The molecule has 0 aliphatic carbocycles. The van der Waals surface area contributed by atoms with E-state index < -0.39 is 5.41 Å². The van der Waals surface area contributed by atoms with Gasteiger partial charge < -0.3 is 19.9 Å². The summed E-state index contributed by atoms with van der Waals surface area (Å²) in [5.74, 6) is 0.760. The lowest BCUT2D eigenvalue weighted by Gasteiger charge is -2.29. The van der Waals surface area contributed by atoms with Gasteiger partial charge in [0.1, 0.15) is 11.2 Å². The first kappa shape index (κ1) is 44.1. The number of anilines is 1. The number of carbonyl (C=O) groups is 3. The van der Waals surface area contributed by atoms with Gasteiger partial charge >= 0.3 is 5.69 Å². The molecule has 0 fully saturated rings. The molecule has 0 radical (unpaired) electrons. The first-order chi connectivity index (χ1) is 26.5. The molecule has 0 unspecified atom stereocenters. The van der Waals surface area contributed by atoms with Gasteiger partial charge in [0, 0.05) is 58.3 Å². The maximum atomic E-state index is 12.4. The molecule has 0 atom stereocenters. The van der Waals surface area contributed by atoms with E-state index in [1.807, 2.05) is 94.0 Å². The van der Waals surface area contributed by atoms with Crippen molar-refractivity contribution in [3.05, 3.63) is 116 Å². The molecular weight excluding hydrogens is 716 g/mol. The van der Waals surface area contributed by atoms with Crippen molar-refractivity contribution >= 4 is 34.4 Å². The number of imidazole rings is 1. The minimum atomic E-state index is -0.797. The zero-order valence-electron chi connectivity index (χ0n) is 34.2. The van der Waals surface area contributed by atoms with Crippen LogP contribution in [0.4, 0.5) is 5.69 Å². The Balaban J connectivity index is 0.000000202. The van der Waals surface area contributed by atoms with E-state index in [2.05, 4.69) is 29.5 Å². The molecule has 1 aliphatic heterocycles. The van der Waals surface area contributed by atoms with Crippen LogP contribution in [0, 0.1) is 12.3 Å². The number of benzene rings is 2. The van der Waals surface area contributed by atoms with Crippen molar-refractivity contribution in [3.63, 3.8) is 0 Å². The number of aryl methyl sites for hydroxylation is 2. The number of amides is 2. The highest BCUT2D eigenvalue weighted by molar-refractivity contribution is 6.13. The number of hydrogen-bond acceptors (Lipinski definition) is 8. The molecule has 0 saturated heterocycles. The molecule has 5 aromatic rings. The summed E-state index contributed by atoms with van der Waals surface area (Å²) in [5.41, 5.74) is 3.11. The molecule has 15 nitrogen and oxygen atoms in total. The molecule has 2 aromatic carbocycles. The fourth-order valence-electron chi connectivity index (χ4n) is 6.25. The number of hydrogen-bond donors (Lipinski definition) is 2. The zero-order valence-corrected chi connectivity index (χ0v) is 34.2. The minimum Gasteiger partial charge on any atom is -0.494 e. The summed E-state index contributed by atoms with van der Waals surface area (Å²) in [5, 5.41) is 5.24. The van der Waals surface area contributed by atoms with Crippen molar-refractivity contribution in [1.82, 2.24) is 33.4 Å². The Bertz CT molecular complexity index is 2360. The minimum absolute atomic E-state index is 0.0656. The van der Waals surface area contributed by atoms with Crippen LogP contribution in [-0.2, 0) is 42.6 Å². The zero-order chi connectivity index (χ0) is 41.9. The van der Waals surface area contributed by atoms with E-state index in [1.54, 1.807) is 23.3 Å². The highest BCUT2D eigenvalue weighted by Crippen LogP contribution is 2.30. The smallest absolute Gasteiger partial charge is 0.332 e. The van der Waals surface area contributed by atoms with Gasteiger partial charge in [-0.05, 0) is 75.1 Å². The first-order valence-corrected chi connectivity index (χ1v) is 18.4. The van der Waals surface area contributed by atoms with E-state index >= 15 is 0 Å². The largest absolute Gasteiger partial charge is 0.494 e. The van der Waals surface area contributed by atoms with Gasteiger partial charge in [-0.25, -0.2) is 14.5 Å². The summed E-state index contributed by atoms with van der Waals surface area (Å²) in [6.45, 7) is 13.9. The molecule has 300 valence electrons. The van der Waals surface area contributed by atoms with E-state index in [-0.39, 0.29) is 40.3 Å². The lowest BCUT2D eigenvalue weighted by atomic mass is 9.76. The standard InChI is InChI=1S/C14H18N2O.C10H13NO2.C9H13NO2.C8H10N4O2/c1-10(2)13-11(3)15(4)16(14(13)17)12-8-6-5-7-9-12;1-3-13-10-6-4-9(5-7-10)11-8(2)12;1-3-9(4-2)7(11)5-6-10-8(9)12;1-10-4-9-6-5(10)7(13)12(3)8(14)11(6)2/h5-10H,1-4H3;4-7H,3H2,1-2H3,(H,11,12);5-6H,3-4H2,1-2H3,(H,10,12);4H,1-3H3. The Labute approximate surface area is 326 Å². The van der Waals surface area contributed by atoms with E-state index in [0.717, 1.165) is 32.9 Å². The van der Waals surface area contributed by atoms with Crippen LogP contribution in [0.3, 0.4) is 0 Å². The second-order valence-electron chi connectivity index (χ2n) is 13.5. The summed E-state index contributed by atoms with van der Waals surface area (Å²) in [6.07, 6.45) is 5.51. The molecule has 15 heteroatoms. The van der Waals surface area contributed by atoms with Crippen molar-refractivity contribution in [2.45, 2.75) is 67.2 Å². The number of para-hydroxylation sites is 1. The average molecular weight is 771 g/mol. The molecule has 3 aromatic heterocycles. The Kier molecular flexibility index (Phi) is 15.3. The number of nitrogens with one attached hydrogen (secondary N) is 2. The molecule has 4 heterocycles. The Hall–Kier alpha value is -6.25. The van der Waals surface area contributed by atoms with Crippen LogP contribution in [0.2, 0.25) is 0 Å². The maximum absolute atomic E-state index is 12.4. The summed E-state index contributed by atoms with van der Waals surface area (Å²) < 4.78 is 12.9. The number of rotatable bonds is 7. The van der Waals surface area contributed by atoms with Crippen molar-refractivity contribution in [3.8, 4) is 11.4 Å². The van der Waals surface area contributed by atoms with Gasteiger partial charge in [0.25, 0.3) is 11.1 Å². The van der Waals surface area contributed by atoms with Crippen molar-refractivity contribution in [2.24, 2.45) is 33.6 Å². The molecule has 0 spiro atoms. The van der Waals surface area contributed by atoms with E-state index in [0.29, 0.717) is 30.6 Å². The van der Waals surface area contributed by atoms with Crippen LogP contribution >= 0.6 is 0 Å². The third-order valence-corrected chi connectivity index (χ3v) is 9.54. The quantitative estimate of drug-likeness (QED) is 0.226. The number of fused-ring (bicyclic) bond motifs is 1. The molecule has 0 bridgehead atoms. The number of allylic oxidation sites excluding steroid dienone is 1. The third-order valence-electron chi connectivity index (χ3n) is 9.54. The van der Waals surface area contributed by atoms with Crippen molar-refractivity contribution < 1.29 is 19.1 Å². The van der Waals surface area contributed by atoms with Crippen LogP contribution < -0.4 is 32.2 Å². The van der Waals surface area contributed by atoms with Crippen LogP contribution in [0.5, 0.6) is 5.75 Å². The molecule has 0 saturated carbocycles. The SMILES string of the molecule is CCC1(CC)C(=O)C=CNC1=O.CCOc1ccc(NC(C)=O)cc1.Cc1c(C(C)C)c(=O)n(-c2ccccc2)n1C.Cn1c(=O)c2c(ncn2C)n(C)c1=O. The second-order valence-corrected chi connectivity index (χ2v) is 13.5. The first-order valence-electron chi connectivity index (χ1n) is 18.4. The van der Waals surface area contributed by atoms with E-state index in [4.69, 9.17) is 4.74 Å². The highest BCUT2D eigenvalue weighted by atomic mass is 16.5. The number of ether oxygens (including phenoxy) is 1. The Morgan fingerprint density at radius 3 is 1.96 bits per heavy atom. The highest BCUT2D eigenvalue weighted by Gasteiger charge is 2.42. The van der Waals surface area contributed by atoms with Gasteiger partial charge in [-0.2, -0.15) is 0 Å². The predicted octanol–water partition coefficient (Wildman–Crippen LogP) is 4.63. The number of carbonyl (C=O) groups excluding carboxylic acids is 3. The summed E-state index contributed by atoms with van der Waals surface area (Å²) >= 11 is 0.